The lowest BCUT2D eigenvalue weighted by Crippen LogP contribution is -2.50. The molecule has 3 rings (SSSR count). The van der Waals surface area contributed by atoms with Crippen molar-refractivity contribution in [3.05, 3.63) is 28.2 Å². The molecule has 2 fully saturated rings. The molecule has 0 bridgehead atoms. The Bertz CT molecular complexity index is 463. The fourth-order valence-electron chi connectivity index (χ4n) is 3.28. The van der Waals surface area contributed by atoms with Crippen LogP contribution in [0.2, 0.25) is 0 Å². The molecular weight excluding hydrogens is 304 g/mol. The van der Waals surface area contributed by atoms with Gasteiger partial charge in [0.15, 0.2) is 0 Å². The van der Waals surface area contributed by atoms with E-state index in [1.54, 1.807) is 6.92 Å². The summed E-state index contributed by atoms with van der Waals surface area (Å²) in [4.78, 5) is 5.10. The van der Waals surface area contributed by atoms with E-state index in [2.05, 4.69) is 37.9 Å². The number of nitrogens with zero attached hydrogens (tertiary/aromatic N) is 2. The van der Waals surface area contributed by atoms with Crippen LogP contribution >= 0.6 is 15.9 Å². The first-order valence-electron chi connectivity index (χ1n) is 7.11. The minimum absolute atomic E-state index is 0.421. The minimum Gasteiger partial charge on any atom is -0.389 e. The molecule has 2 atom stereocenters. The first-order chi connectivity index (χ1) is 9.15. The van der Waals surface area contributed by atoms with Crippen molar-refractivity contribution in [1.82, 2.24) is 4.90 Å². The van der Waals surface area contributed by atoms with E-state index in [1.165, 1.54) is 31.6 Å². The number of aliphatic hydroxyl groups is 1. The van der Waals surface area contributed by atoms with Gasteiger partial charge in [0.1, 0.15) is 0 Å². The zero-order valence-corrected chi connectivity index (χ0v) is 12.9. The predicted octanol–water partition coefficient (Wildman–Crippen LogP) is 2.79. The van der Waals surface area contributed by atoms with E-state index in [0.717, 1.165) is 29.2 Å². The summed E-state index contributed by atoms with van der Waals surface area (Å²) in [6, 6.07) is 7.05. The van der Waals surface area contributed by atoms with E-state index in [0.29, 0.717) is 0 Å². The molecule has 0 spiro atoms. The Hall–Kier alpha value is -0.580. The molecule has 1 aromatic carbocycles. The molecule has 2 aliphatic heterocycles. The van der Waals surface area contributed by atoms with Gasteiger partial charge in [-0.15, -0.1) is 0 Å². The topological polar surface area (TPSA) is 26.7 Å². The van der Waals surface area contributed by atoms with Gasteiger partial charge in [-0.1, -0.05) is 22.0 Å². The molecule has 2 aliphatic rings. The van der Waals surface area contributed by atoms with E-state index in [4.69, 9.17) is 0 Å². The van der Waals surface area contributed by atoms with E-state index in [-0.39, 0.29) is 0 Å². The van der Waals surface area contributed by atoms with E-state index in [9.17, 15) is 5.11 Å². The summed E-state index contributed by atoms with van der Waals surface area (Å²) in [7, 11) is 0. The average Bonchev–Trinajstić information content (AvgIpc) is 2.85. The number of aliphatic hydroxyl groups excluding tert-OH is 1. The lowest BCUT2D eigenvalue weighted by molar-refractivity contribution is 0.198. The molecule has 1 N–H and O–H groups in total. The lowest BCUT2D eigenvalue weighted by Gasteiger charge is -2.39. The molecule has 2 heterocycles. The molecule has 2 unspecified atom stereocenters. The summed E-state index contributed by atoms with van der Waals surface area (Å²) in [5.41, 5.74) is 2.23. The third-order valence-electron chi connectivity index (χ3n) is 4.39. The van der Waals surface area contributed by atoms with Gasteiger partial charge >= 0.3 is 0 Å². The zero-order chi connectivity index (χ0) is 13.4. The van der Waals surface area contributed by atoms with Crippen LogP contribution in [-0.2, 0) is 0 Å². The maximum Gasteiger partial charge on any atom is 0.0772 e. The van der Waals surface area contributed by atoms with Crippen LogP contribution in [0, 0.1) is 0 Å². The molecule has 3 nitrogen and oxygen atoms in total. The first-order valence-corrected chi connectivity index (χ1v) is 7.91. The molecule has 19 heavy (non-hydrogen) atoms. The summed E-state index contributed by atoms with van der Waals surface area (Å²) in [5, 5.41) is 9.68. The van der Waals surface area contributed by atoms with Crippen LogP contribution in [-0.4, -0.2) is 42.2 Å². The maximum atomic E-state index is 9.68. The van der Waals surface area contributed by atoms with Crippen molar-refractivity contribution >= 4 is 21.6 Å². The second kappa shape index (κ2) is 5.43. The standard InChI is InChI=1S/C15H21BrN2O/c1-11(19)14-5-4-12(9-15(14)16)18-8-7-17-6-2-3-13(17)10-18/h4-5,9,11,13,19H,2-3,6-8,10H2,1H3. The highest BCUT2D eigenvalue weighted by Gasteiger charge is 2.30. The Balaban J connectivity index is 1.77. The fourth-order valence-corrected chi connectivity index (χ4v) is 3.98. The monoisotopic (exact) mass is 324 g/mol. The summed E-state index contributed by atoms with van der Waals surface area (Å²) in [5.74, 6) is 0. The molecule has 0 radical (unpaired) electrons. The highest BCUT2D eigenvalue weighted by molar-refractivity contribution is 9.10. The molecule has 0 aromatic heterocycles. The van der Waals surface area contributed by atoms with Crippen molar-refractivity contribution in [2.45, 2.75) is 31.9 Å². The number of hydrogen-bond donors (Lipinski definition) is 1. The molecule has 0 saturated carbocycles. The summed E-state index contributed by atoms with van der Waals surface area (Å²) in [6.45, 7) is 6.51. The van der Waals surface area contributed by atoms with Gasteiger partial charge in [-0.05, 0) is 44.0 Å². The van der Waals surface area contributed by atoms with Crippen LogP contribution in [0.1, 0.15) is 31.4 Å². The van der Waals surface area contributed by atoms with E-state index < -0.39 is 6.10 Å². The van der Waals surface area contributed by atoms with Crippen molar-refractivity contribution < 1.29 is 5.11 Å². The van der Waals surface area contributed by atoms with Crippen molar-refractivity contribution in [3.8, 4) is 0 Å². The van der Waals surface area contributed by atoms with Crippen molar-refractivity contribution in [2.75, 3.05) is 31.1 Å². The van der Waals surface area contributed by atoms with Gasteiger partial charge in [0, 0.05) is 35.8 Å². The molecular formula is C15H21BrN2O. The second-order valence-corrected chi connectivity index (χ2v) is 6.51. The number of halogens is 1. The fraction of sp³-hybridized carbons (Fsp3) is 0.600. The van der Waals surface area contributed by atoms with E-state index >= 15 is 0 Å². The number of piperazine rings is 1. The Morgan fingerprint density at radius 1 is 1.32 bits per heavy atom. The van der Waals surface area contributed by atoms with Crippen LogP contribution in [0.4, 0.5) is 5.69 Å². The molecule has 104 valence electrons. The van der Waals surface area contributed by atoms with Crippen molar-refractivity contribution in [2.24, 2.45) is 0 Å². The van der Waals surface area contributed by atoms with Gasteiger partial charge in [0.05, 0.1) is 6.10 Å². The van der Waals surface area contributed by atoms with Gasteiger partial charge in [0.2, 0.25) is 0 Å². The number of hydrogen-bond acceptors (Lipinski definition) is 3. The Morgan fingerprint density at radius 2 is 2.16 bits per heavy atom. The predicted molar refractivity (Wildman–Crippen MR) is 81.6 cm³/mol. The zero-order valence-electron chi connectivity index (χ0n) is 11.3. The van der Waals surface area contributed by atoms with Crippen LogP contribution in [0.15, 0.2) is 22.7 Å². The lowest BCUT2D eigenvalue weighted by atomic mass is 10.1. The van der Waals surface area contributed by atoms with Crippen LogP contribution < -0.4 is 4.90 Å². The van der Waals surface area contributed by atoms with Crippen LogP contribution in [0.25, 0.3) is 0 Å². The van der Waals surface area contributed by atoms with Crippen LogP contribution in [0.3, 0.4) is 0 Å². The minimum atomic E-state index is -0.421. The normalized spacial score (nSPS) is 25.4. The summed E-state index contributed by atoms with van der Waals surface area (Å²) >= 11 is 3.57. The first kappa shape index (κ1) is 13.4. The molecule has 2 saturated heterocycles. The highest BCUT2D eigenvalue weighted by atomic mass is 79.9. The van der Waals surface area contributed by atoms with Gasteiger partial charge in [-0.3, -0.25) is 4.90 Å². The van der Waals surface area contributed by atoms with Gasteiger partial charge in [-0.2, -0.15) is 0 Å². The third-order valence-corrected chi connectivity index (χ3v) is 5.07. The SMILES string of the molecule is CC(O)c1ccc(N2CCN3CCCC3C2)cc1Br. The number of anilines is 1. The maximum absolute atomic E-state index is 9.68. The van der Waals surface area contributed by atoms with Gasteiger partial charge in [0.25, 0.3) is 0 Å². The summed E-state index contributed by atoms with van der Waals surface area (Å²) in [6.07, 6.45) is 2.27. The molecule has 4 heteroatoms. The quantitative estimate of drug-likeness (QED) is 0.906. The summed E-state index contributed by atoms with van der Waals surface area (Å²) < 4.78 is 1.01. The Labute approximate surface area is 123 Å². The third kappa shape index (κ3) is 2.67. The van der Waals surface area contributed by atoms with Gasteiger partial charge < -0.3 is 10.0 Å². The average molecular weight is 325 g/mol. The highest BCUT2D eigenvalue weighted by Crippen LogP contribution is 2.30. The van der Waals surface area contributed by atoms with Crippen molar-refractivity contribution in [1.29, 1.82) is 0 Å². The second-order valence-electron chi connectivity index (χ2n) is 5.66. The van der Waals surface area contributed by atoms with Gasteiger partial charge in [-0.25, -0.2) is 0 Å². The van der Waals surface area contributed by atoms with Crippen LogP contribution in [0.5, 0.6) is 0 Å². The largest absolute Gasteiger partial charge is 0.389 e. The van der Waals surface area contributed by atoms with E-state index in [1.807, 2.05) is 6.07 Å². The number of fused-ring (bicyclic) bond motifs is 1. The smallest absolute Gasteiger partial charge is 0.0772 e. The Morgan fingerprint density at radius 3 is 2.89 bits per heavy atom. The number of benzene rings is 1. The Kier molecular flexibility index (Phi) is 3.83. The number of rotatable bonds is 2. The molecule has 1 aromatic rings. The molecule has 0 aliphatic carbocycles. The van der Waals surface area contributed by atoms with Crippen molar-refractivity contribution in [3.63, 3.8) is 0 Å². The molecule has 0 amide bonds.